The van der Waals surface area contributed by atoms with E-state index < -0.39 is 0 Å². The molecule has 0 atom stereocenters. The van der Waals surface area contributed by atoms with Crippen molar-refractivity contribution >= 4 is 11.6 Å². The first-order valence-corrected chi connectivity index (χ1v) is 1.28. The van der Waals surface area contributed by atoms with Gasteiger partial charge < -0.3 is 0 Å². The highest BCUT2D eigenvalue weighted by atomic mass is 35.5. The van der Waals surface area contributed by atoms with Gasteiger partial charge in [-0.15, -0.1) is 0 Å². The van der Waals surface area contributed by atoms with E-state index >= 15 is 0 Å². The van der Waals surface area contributed by atoms with E-state index in [1.807, 2.05) is 0 Å². The molecule has 0 aliphatic rings. The number of rotatable bonds is 1. The molecule has 0 saturated heterocycles. The molecule has 0 aromatic heterocycles. The third-order valence-electron chi connectivity index (χ3n) is 0.0630. The van der Waals surface area contributed by atoms with Crippen LogP contribution in [0.2, 0.25) is 0 Å². The van der Waals surface area contributed by atoms with Gasteiger partial charge in [-0.25, -0.2) is 0 Å². The second-order valence-electron chi connectivity index (χ2n) is 0.293. The number of hydrogen-bond donors (Lipinski definition) is 0. The zero-order chi connectivity index (χ0) is 3.41. The summed E-state index contributed by atoms with van der Waals surface area (Å²) in [4.78, 5) is 0. The molecule has 0 spiro atoms. The maximum Gasteiger partial charge on any atom is 0.330 e. The van der Waals surface area contributed by atoms with Crippen LogP contribution < -0.4 is 0 Å². The summed E-state index contributed by atoms with van der Waals surface area (Å²) in [6.45, 7) is 6.14. The van der Waals surface area contributed by atoms with Crippen LogP contribution in [0.1, 0.15) is 0 Å². The van der Waals surface area contributed by atoms with E-state index in [9.17, 15) is 0 Å². The van der Waals surface area contributed by atoms with Crippen LogP contribution in [-0.4, -0.2) is 0 Å². The highest BCUT2D eigenvalue weighted by Gasteiger charge is 1.66. The van der Waals surface area contributed by atoms with Crippen molar-refractivity contribution in [3.05, 3.63) is 18.5 Å². The van der Waals surface area contributed by atoms with E-state index in [0.717, 1.165) is 12.0 Å². The van der Waals surface area contributed by atoms with Gasteiger partial charge in [0.2, 0.25) is 0 Å². The summed E-state index contributed by atoms with van der Waals surface area (Å²) in [6, 6.07) is 0. The maximum atomic E-state index is 6.14. The van der Waals surface area contributed by atoms with Crippen molar-refractivity contribution in [2.45, 2.75) is 0 Å². The molecule has 0 aliphatic heterocycles. The molecular formula is C3H2Cl+. The van der Waals surface area contributed by atoms with Gasteiger partial charge in [0.15, 0.2) is 6.08 Å². The Hall–Kier alpha value is -0.100. The molecule has 1 heteroatoms. The van der Waals surface area contributed by atoms with Crippen LogP contribution in [0.4, 0.5) is 0 Å². The van der Waals surface area contributed by atoms with E-state index in [4.69, 9.17) is 18.2 Å². The second-order valence-corrected chi connectivity index (χ2v) is 0.545. The molecule has 20 valence electrons. The molecule has 0 rings (SSSR count). The van der Waals surface area contributed by atoms with Crippen molar-refractivity contribution < 1.29 is 0 Å². The van der Waals surface area contributed by atoms with Crippen LogP contribution in [0.5, 0.6) is 0 Å². The Morgan fingerprint density at radius 3 is 2.25 bits per heavy atom. The molecule has 4 heavy (non-hydrogen) atoms. The van der Waals surface area contributed by atoms with Crippen LogP contribution in [0, 0.1) is 12.5 Å². The van der Waals surface area contributed by atoms with Crippen LogP contribution in [0.15, 0.2) is 6.08 Å². The lowest BCUT2D eigenvalue weighted by Crippen LogP contribution is -1.32. The van der Waals surface area contributed by atoms with Crippen molar-refractivity contribution in [2.75, 3.05) is 0 Å². The average Bonchev–Trinajstić information content (AvgIpc) is 1.37. The quantitative estimate of drug-likeness (QED) is 0.410. The van der Waals surface area contributed by atoms with Gasteiger partial charge in [-0.3, -0.25) is 0 Å². The lowest BCUT2D eigenvalue weighted by Gasteiger charge is -1.37. The Kier molecular flexibility index (Phi) is 2.83. The fourth-order valence-corrected chi connectivity index (χ4v) is 0. The van der Waals surface area contributed by atoms with Gasteiger partial charge in [0.1, 0.15) is 5.88 Å². The first-order valence-electron chi connectivity index (χ1n) is 0.840. The Labute approximate surface area is 31.1 Å². The molecule has 0 bridgehead atoms. The fraction of sp³-hybridized carbons (Fsp3) is 0. The molecule has 0 N–H and O–H groups in total. The molecule has 0 aromatic rings. The van der Waals surface area contributed by atoms with Gasteiger partial charge in [-0.2, -0.15) is 0 Å². The number of hydrogen-bond acceptors (Lipinski definition) is 0. The van der Waals surface area contributed by atoms with Crippen LogP contribution in [0.25, 0.3) is 0 Å². The van der Waals surface area contributed by atoms with Gasteiger partial charge in [0.05, 0.1) is 0 Å². The van der Waals surface area contributed by atoms with Crippen molar-refractivity contribution in [3.8, 4) is 0 Å². The van der Waals surface area contributed by atoms with Gasteiger partial charge in [0, 0.05) is 11.6 Å². The van der Waals surface area contributed by atoms with Gasteiger partial charge in [-0.05, 0) is 0 Å². The van der Waals surface area contributed by atoms with E-state index in [1.54, 1.807) is 0 Å². The molecule has 0 aromatic carbocycles. The summed E-state index contributed by atoms with van der Waals surface area (Å²) in [6.07, 6.45) is 1.02. The number of halogens is 1. The lowest BCUT2D eigenvalue weighted by atomic mass is 10.8. The minimum Gasteiger partial charge on any atom is 0.0296 e. The molecule has 0 heterocycles. The molecule has 0 fully saturated rings. The SMILES string of the molecule is [C]=C[CH+]Cl. The summed E-state index contributed by atoms with van der Waals surface area (Å²) in [5, 5.41) is 0. The lowest BCUT2D eigenvalue weighted by molar-refractivity contribution is 2.04. The summed E-state index contributed by atoms with van der Waals surface area (Å²) < 4.78 is 0. The maximum absolute atomic E-state index is 6.14. The molecule has 0 amide bonds. The zero-order valence-electron chi connectivity index (χ0n) is 2.03. The van der Waals surface area contributed by atoms with Gasteiger partial charge >= 0.3 is 6.58 Å². The topological polar surface area (TPSA) is 0 Å². The monoisotopic (exact) mass is 73.0 g/mol. The normalized spacial score (nSPS) is 5.25. The summed E-state index contributed by atoms with van der Waals surface area (Å²) >= 11 is 4.82. The standard InChI is InChI=1S/C3H2Cl/c1-2-3-4/h2-3H/q+1. The van der Waals surface area contributed by atoms with Crippen molar-refractivity contribution in [2.24, 2.45) is 0 Å². The Bertz CT molecular complexity index is 17.2. The second kappa shape index (κ2) is 2.90. The van der Waals surface area contributed by atoms with Gasteiger partial charge in [-0.1, -0.05) is 0 Å². The molecule has 0 saturated carbocycles. The fourth-order valence-electron chi connectivity index (χ4n) is 0. The third kappa shape index (κ3) is 1.90. The van der Waals surface area contributed by atoms with E-state index in [-0.39, 0.29) is 0 Å². The minimum absolute atomic E-state index is 1.02. The van der Waals surface area contributed by atoms with Crippen molar-refractivity contribution in [1.29, 1.82) is 0 Å². The molecule has 0 nitrogen and oxygen atoms in total. The van der Waals surface area contributed by atoms with E-state index in [1.165, 1.54) is 0 Å². The molecule has 0 aliphatic carbocycles. The Balaban J connectivity index is 2.30. The largest absolute Gasteiger partial charge is 0.330 e. The smallest absolute Gasteiger partial charge is 0.0296 e. The van der Waals surface area contributed by atoms with E-state index in [0.29, 0.717) is 0 Å². The predicted octanol–water partition coefficient (Wildman–Crippen LogP) is 1.25. The predicted molar refractivity (Wildman–Crippen MR) is 18.0 cm³/mol. The Morgan fingerprint density at radius 1 is 2.00 bits per heavy atom. The van der Waals surface area contributed by atoms with Crippen molar-refractivity contribution in [3.63, 3.8) is 0 Å². The van der Waals surface area contributed by atoms with Crippen LogP contribution in [0.3, 0.4) is 0 Å². The van der Waals surface area contributed by atoms with Crippen molar-refractivity contribution in [1.82, 2.24) is 0 Å². The van der Waals surface area contributed by atoms with Crippen LogP contribution in [-0.2, 0) is 0 Å². The molecular weight excluding hydrogens is 71.5 g/mol. The van der Waals surface area contributed by atoms with Gasteiger partial charge in [0.25, 0.3) is 0 Å². The highest BCUT2D eigenvalue weighted by Crippen LogP contribution is 1.77. The summed E-state index contributed by atoms with van der Waals surface area (Å²) in [5.41, 5.74) is 0. The number of allylic oxidation sites excluding steroid dienone is 1. The summed E-state index contributed by atoms with van der Waals surface area (Å²) in [7, 11) is 0. The molecule has 2 radical (unpaired) electrons. The molecule has 0 unspecified atom stereocenters. The van der Waals surface area contributed by atoms with E-state index in [2.05, 4.69) is 0 Å². The van der Waals surface area contributed by atoms with Crippen LogP contribution >= 0.6 is 11.6 Å². The Morgan fingerprint density at radius 2 is 2.25 bits per heavy atom. The average molecular weight is 73.5 g/mol. The minimum atomic E-state index is 1.02. The zero-order valence-corrected chi connectivity index (χ0v) is 2.79. The first kappa shape index (κ1) is 3.90. The first-order chi connectivity index (χ1) is 1.91. The summed E-state index contributed by atoms with van der Waals surface area (Å²) in [5.74, 6) is 1.14. The highest BCUT2D eigenvalue weighted by molar-refractivity contribution is 6.24. The third-order valence-corrected chi connectivity index (χ3v) is 0.189.